The number of furan rings is 1. The first-order valence-corrected chi connectivity index (χ1v) is 11.0. The average molecular weight is 458 g/mol. The van der Waals surface area contributed by atoms with Crippen molar-refractivity contribution in [3.05, 3.63) is 82.6 Å². The van der Waals surface area contributed by atoms with E-state index in [9.17, 15) is 9.59 Å². The van der Waals surface area contributed by atoms with Crippen LogP contribution in [0.3, 0.4) is 0 Å². The predicted octanol–water partition coefficient (Wildman–Crippen LogP) is 4.78. The highest BCUT2D eigenvalue weighted by atomic mass is 32.1. The molecule has 9 heteroatoms. The Balaban J connectivity index is 1.40. The van der Waals surface area contributed by atoms with Gasteiger partial charge in [-0.3, -0.25) is 9.59 Å². The van der Waals surface area contributed by atoms with Crippen molar-refractivity contribution >= 4 is 38.9 Å². The summed E-state index contributed by atoms with van der Waals surface area (Å²) < 4.78 is 7.09. The Kier molecular flexibility index (Phi) is 5.10. The van der Waals surface area contributed by atoms with Gasteiger partial charge in [0.1, 0.15) is 4.83 Å². The molecule has 5 aromatic rings. The smallest absolute Gasteiger partial charge is 0.266 e. The van der Waals surface area contributed by atoms with Crippen molar-refractivity contribution in [3.8, 4) is 11.6 Å². The number of carbonyl (C=O) groups is 2. The van der Waals surface area contributed by atoms with E-state index in [0.29, 0.717) is 33.5 Å². The van der Waals surface area contributed by atoms with Gasteiger partial charge in [-0.25, -0.2) is 15.0 Å². The molecule has 1 N–H and O–H groups in total. The van der Waals surface area contributed by atoms with E-state index in [0.717, 1.165) is 21.5 Å². The van der Waals surface area contributed by atoms with Crippen LogP contribution in [0.15, 0.2) is 59.5 Å². The van der Waals surface area contributed by atoms with Crippen molar-refractivity contribution in [2.24, 2.45) is 7.05 Å². The lowest BCUT2D eigenvalue weighted by atomic mass is 10.1. The van der Waals surface area contributed by atoms with E-state index in [1.807, 2.05) is 13.8 Å². The second-order valence-corrected chi connectivity index (χ2v) is 8.57. The standard InChI is InChI=1S/C24H19N5O3S/c1-13-18-14(2)26-21(17-5-4-12-32-17)28-24(18)33-20(13)23(31)27-16-8-6-15(7-9-16)19(30)22-25-10-11-29(22)3/h4-12H,1-3H3,(H,27,31). The van der Waals surface area contributed by atoms with Crippen LogP contribution in [-0.4, -0.2) is 31.2 Å². The largest absolute Gasteiger partial charge is 0.461 e. The minimum Gasteiger partial charge on any atom is -0.461 e. The number of rotatable bonds is 5. The number of nitrogens with zero attached hydrogens (tertiary/aromatic N) is 4. The summed E-state index contributed by atoms with van der Waals surface area (Å²) in [5, 5.41) is 3.78. The third-order valence-corrected chi connectivity index (χ3v) is 6.53. The molecule has 4 heterocycles. The first-order chi connectivity index (χ1) is 15.9. The van der Waals surface area contributed by atoms with Crippen LogP contribution in [0, 0.1) is 13.8 Å². The SMILES string of the molecule is Cc1nc(-c2ccco2)nc2sc(C(=O)Nc3ccc(C(=O)c4nccn4C)cc3)c(C)c12. The third-order valence-electron chi connectivity index (χ3n) is 5.35. The molecular formula is C24H19N5O3S. The van der Waals surface area contributed by atoms with Gasteiger partial charge >= 0.3 is 0 Å². The molecule has 5 rings (SSSR count). The minimum atomic E-state index is -0.238. The number of nitrogens with one attached hydrogen (secondary N) is 1. The summed E-state index contributed by atoms with van der Waals surface area (Å²) in [5.74, 6) is 1.02. The summed E-state index contributed by atoms with van der Waals surface area (Å²) in [7, 11) is 1.77. The summed E-state index contributed by atoms with van der Waals surface area (Å²) in [4.78, 5) is 40.1. The number of fused-ring (bicyclic) bond motifs is 1. The van der Waals surface area contributed by atoms with Gasteiger partial charge in [-0.15, -0.1) is 11.3 Å². The maximum absolute atomic E-state index is 13.0. The van der Waals surface area contributed by atoms with Gasteiger partial charge in [0.05, 0.1) is 16.8 Å². The molecule has 0 unspecified atom stereocenters. The predicted molar refractivity (Wildman–Crippen MR) is 126 cm³/mol. The number of benzene rings is 1. The van der Waals surface area contributed by atoms with Gasteiger partial charge in [0.2, 0.25) is 5.78 Å². The maximum atomic E-state index is 13.0. The number of imidazole rings is 1. The van der Waals surface area contributed by atoms with Gasteiger partial charge in [-0.05, 0) is 55.8 Å². The number of carbonyl (C=O) groups excluding carboxylic acids is 2. The van der Waals surface area contributed by atoms with Crippen LogP contribution in [-0.2, 0) is 7.05 Å². The van der Waals surface area contributed by atoms with Crippen LogP contribution in [0.2, 0.25) is 0 Å². The molecular weight excluding hydrogens is 438 g/mol. The molecule has 1 aromatic carbocycles. The normalized spacial score (nSPS) is 11.1. The molecule has 164 valence electrons. The molecule has 0 aliphatic heterocycles. The van der Waals surface area contributed by atoms with Gasteiger partial charge in [0.15, 0.2) is 17.4 Å². The topological polar surface area (TPSA) is 103 Å². The minimum absolute atomic E-state index is 0.179. The number of thiophene rings is 1. The van der Waals surface area contributed by atoms with Crippen molar-refractivity contribution in [3.63, 3.8) is 0 Å². The van der Waals surface area contributed by atoms with Gasteiger partial charge in [-0.1, -0.05) is 0 Å². The number of aromatic nitrogens is 4. The third kappa shape index (κ3) is 3.72. The lowest BCUT2D eigenvalue weighted by Gasteiger charge is -2.06. The zero-order valence-corrected chi connectivity index (χ0v) is 18.9. The van der Waals surface area contributed by atoms with Crippen molar-refractivity contribution in [1.29, 1.82) is 0 Å². The number of amides is 1. The van der Waals surface area contributed by atoms with E-state index < -0.39 is 0 Å². The monoisotopic (exact) mass is 457 g/mol. The molecule has 4 aromatic heterocycles. The molecule has 0 aliphatic rings. The molecule has 1 amide bonds. The average Bonchev–Trinajstić information content (AvgIpc) is 3.54. The Morgan fingerprint density at radius 2 is 1.88 bits per heavy atom. The Bertz CT molecular complexity index is 1500. The number of ketones is 1. The first kappa shape index (κ1) is 20.8. The highest BCUT2D eigenvalue weighted by Crippen LogP contribution is 2.33. The van der Waals surface area contributed by atoms with Gasteiger partial charge in [-0.2, -0.15) is 0 Å². The molecule has 33 heavy (non-hydrogen) atoms. The first-order valence-electron chi connectivity index (χ1n) is 10.2. The van der Waals surface area contributed by atoms with E-state index in [-0.39, 0.29) is 11.7 Å². The lowest BCUT2D eigenvalue weighted by molar-refractivity contribution is 0.102. The molecule has 0 atom stereocenters. The summed E-state index contributed by atoms with van der Waals surface area (Å²) >= 11 is 1.31. The zero-order valence-electron chi connectivity index (χ0n) is 18.1. The highest BCUT2D eigenvalue weighted by molar-refractivity contribution is 7.20. The molecule has 0 aliphatic carbocycles. The molecule has 0 saturated carbocycles. The fraction of sp³-hybridized carbons (Fsp3) is 0.125. The Labute approximate surface area is 192 Å². The Morgan fingerprint density at radius 1 is 1.09 bits per heavy atom. The Hall–Kier alpha value is -4.11. The quantitative estimate of drug-likeness (QED) is 0.381. The van der Waals surface area contributed by atoms with Crippen molar-refractivity contribution in [1.82, 2.24) is 19.5 Å². The molecule has 0 bridgehead atoms. The summed E-state index contributed by atoms with van der Waals surface area (Å²) in [6, 6.07) is 10.3. The number of anilines is 1. The second kappa shape index (κ2) is 8.10. The van der Waals surface area contributed by atoms with Crippen LogP contribution in [0.1, 0.15) is 37.1 Å². The van der Waals surface area contributed by atoms with E-state index in [2.05, 4.69) is 20.3 Å². The van der Waals surface area contributed by atoms with Crippen LogP contribution >= 0.6 is 11.3 Å². The van der Waals surface area contributed by atoms with Crippen molar-refractivity contribution in [2.75, 3.05) is 5.32 Å². The number of aryl methyl sites for hydroxylation is 3. The van der Waals surface area contributed by atoms with Crippen molar-refractivity contribution in [2.45, 2.75) is 13.8 Å². The van der Waals surface area contributed by atoms with E-state index in [1.54, 1.807) is 66.7 Å². The summed E-state index contributed by atoms with van der Waals surface area (Å²) in [5.41, 5.74) is 2.71. The highest BCUT2D eigenvalue weighted by Gasteiger charge is 2.20. The lowest BCUT2D eigenvalue weighted by Crippen LogP contribution is -2.12. The Morgan fingerprint density at radius 3 is 2.55 bits per heavy atom. The molecule has 0 saturated heterocycles. The fourth-order valence-corrected chi connectivity index (χ4v) is 4.81. The number of hydrogen-bond donors (Lipinski definition) is 1. The van der Waals surface area contributed by atoms with E-state index >= 15 is 0 Å². The van der Waals surface area contributed by atoms with Gasteiger partial charge < -0.3 is 14.3 Å². The van der Waals surface area contributed by atoms with Crippen LogP contribution in [0.4, 0.5) is 5.69 Å². The maximum Gasteiger partial charge on any atom is 0.266 e. The second-order valence-electron chi connectivity index (χ2n) is 7.57. The van der Waals surface area contributed by atoms with Crippen LogP contribution < -0.4 is 5.32 Å². The molecule has 8 nitrogen and oxygen atoms in total. The molecule has 0 fully saturated rings. The summed E-state index contributed by atoms with van der Waals surface area (Å²) in [6.07, 6.45) is 4.88. The van der Waals surface area contributed by atoms with Crippen molar-refractivity contribution < 1.29 is 14.0 Å². The fourth-order valence-electron chi connectivity index (χ4n) is 3.68. The van der Waals surface area contributed by atoms with E-state index in [1.165, 1.54) is 11.3 Å². The van der Waals surface area contributed by atoms with E-state index in [4.69, 9.17) is 4.42 Å². The molecule has 0 spiro atoms. The zero-order chi connectivity index (χ0) is 23.1. The van der Waals surface area contributed by atoms with Crippen LogP contribution in [0.25, 0.3) is 21.8 Å². The van der Waals surface area contributed by atoms with Gasteiger partial charge in [0.25, 0.3) is 5.91 Å². The van der Waals surface area contributed by atoms with Crippen LogP contribution in [0.5, 0.6) is 0 Å². The van der Waals surface area contributed by atoms with Gasteiger partial charge in [0, 0.05) is 36.1 Å². The number of hydrogen-bond acceptors (Lipinski definition) is 7. The summed E-state index contributed by atoms with van der Waals surface area (Å²) in [6.45, 7) is 3.79. The molecule has 0 radical (unpaired) electrons.